The lowest BCUT2D eigenvalue weighted by molar-refractivity contribution is 0.629. The number of fused-ring (bicyclic) bond motifs is 3. The molecule has 1 aliphatic rings. The van der Waals surface area contributed by atoms with Gasteiger partial charge in [0.05, 0.1) is 11.3 Å². The van der Waals surface area contributed by atoms with Gasteiger partial charge in [0.25, 0.3) is 0 Å². The van der Waals surface area contributed by atoms with Crippen LogP contribution in [-0.2, 0) is 0 Å². The summed E-state index contributed by atoms with van der Waals surface area (Å²) >= 11 is 0. The summed E-state index contributed by atoms with van der Waals surface area (Å²) in [6.45, 7) is 3.81. The van der Waals surface area contributed by atoms with Crippen molar-refractivity contribution in [2.24, 2.45) is 0 Å². The largest absolute Gasteiger partial charge is 0.255 e. The van der Waals surface area contributed by atoms with Gasteiger partial charge in [-0.05, 0) is 51.0 Å². The van der Waals surface area contributed by atoms with Crippen molar-refractivity contribution >= 4 is 16.8 Å². The lowest BCUT2D eigenvalue weighted by atomic mass is 10.1. The van der Waals surface area contributed by atoms with Gasteiger partial charge in [0.2, 0.25) is 0 Å². The summed E-state index contributed by atoms with van der Waals surface area (Å²) in [4.78, 5) is 9.41. The number of rotatable bonds is 2. The molecule has 0 saturated heterocycles. The van der Waals surface area contributed by atoms with Crippen LogP contribution in [0.4, 0.5) is 4.39 Å². The summed E-state index contributed by atoms with van der Waals surface area (Å²) in [6, 6.07) is 9.02. The smallest absolute Gasteiger partial charge is 0.184 e. The number of halogens is 1. The third kappa shape index (κ3) is 2.21. The average Bonchev–Trinajstić information content (AvgIpc) is 3.35. The fourth-order valence-corrected chi connectivity index (χ4v) is 3.25. The molecule has 1 aromatic carbocycles. The quantitative estimate of drug-likeness (QED) is 0.557. The van der Waals surface area contributed by atoms with Crippen LogP contribution in [-0.4, -0.2) is 24.6 Å². The Labute approximate surface area is 143 Å². The van der Waals surface area contributed by atoms with Crippen LogP contribution in [0.1, 0.15) is 35.7 Å². The Morgan fingerprint density at radius 1 is 1.00 bits per heavy atom. The molecule has 1 saturated carbocycles. The van der Waals surface area contributed by atoms with Crippen LogP contribution < -0.4 is 0 Å². The van der Waals surface area contributed by atoms with Crippen LogP contribution in [0, 0.1) is 19.7 Å². The summed E-state index contributed by atoms with van der Waals surface area (Å²) in [6.07, 6.45) is 2.34. The Bertz CT molecular complexity index is 1140. The third-order valence-corrected chi connectivity index (χ3v) is 4.72. The molecule has 0 amide bonds. The van der Waals surface area contributed by atoms with E-state index in [0.29, 0.717) is 28.6 Å². The minimum Gasteiger partial charge on any atom is -0.255 e. The lowest BCUT2D eigenvalue weighted by Crippen LogP contribution is -2.02. The van der Waals surface area contributed by atoms with Crippen molar-refractivity contribution in [1.29, 1.82) is 0 Å². The predicted octanol–water partition coefficient (Wildman–Crippen LogP) is 3.97. The number of hydrogen-bond acceptors (Lipinski definition) is 4. The van der Waals surface area contributed by atoms with Crippen LogP contribution in [0.5, 0.6) is 0 Å². The number of pyridine rings is 1. The van der Waals surface area contributed by atoms with Gasteiger partial charge >= 0.3 is 0 Å². The van der Waals surface area contributed by atoms with Gasteiger partial charge in [-0.2, -0.15) is 0 Å². The maximum absolute atomic E-state index is 14.5. The van der Waals surface area contributed by atoms with Crippen molar-refractivity contribution in [3.63, 3.8) is 0 Å². The number of aromatic nitrogens is 5. The van der Waals surface area contributed by atoms with Crippen molar-refractivity contribution in [3.8, 4) is 11.4 Å². The van der Waals surface area contributed by atoms with E-state index in [9.17, 15) is 4.39 Å². The van der Waals surface area contributed by atoms with Crippen molar-refractivity contribution in [3.05, 3.63) is 53.1 Å². The first-order chi connectivity index (χ1) is 12.1. The van der Waals surface area contributed by atoms with E-state index < -0.39 is 0 Å². The molecule has 1 fully saturated rings. The van der Waals surface area contributed by atoms with Crippen LogP contribution in [0.2, 0.25) is 0 Å². The molecule has 0 N–H and O–H groups in total. The highest BCUT2D eigenvalue weighted by atomic mass is 19.1. The lowest BCUT2D eigenvalue weighted by Gasteiger charge is -2.08. The number of benzene rings is 1. The summed E-state index contributed by atoms with van der Waals surface area (Å²) < 4.78 is 16.3. The molecule has 124 valence electrons. The molecule has 0 aliphatic heterocycles. The second-order valence-corrected chi connectivity index (χ2v) is 6.72. The van der Waals surface area contributed by atoms with Crippen LogP contribution in [0.3, 0.4) is 0 Å². The highest BCUT2D eigenvalue weighted by Crippen LogP contribution is 2.39. The monoisotopic (exact) mass is 333 g/mol. The van der Waals surface area contributed by atoms with Gasteiger partial charge in [0.15, 0.2) is 17.1 Å². The molecular weight excluding hydrogens is 317 g/mol. The maximum Gasteiger partial charge on any atom is 0.184 e. The Hall–Kier alpha value is -2.89. The molecule has 1 aliphatic carbocycles. The molecule has 0 bridgehead atoms. The highest BCUT2D eigenvalue weighted by Gasteiger charge is 2.26. The average molecular weight is 333 g/mol. The van der Waals surface area contributed by atoms with Gasteiger partial charge < -0.3 is 0 Å². The van der Waals surface area contributed by atoms with Gasteiger partial charge in [-0.25, -0.2) is 14.4 Å². The molecule has 5 rings (SSSR count). The van der Waals surface area contributed by atoms with Crippen LogP contribution in [0.25, 0.3) is 28.2 Å². The summed E-state index contributed by atoms with van der Waals surface area (Å²) in [5.41, 5.74) is 5.27. The van der Waals surface area contributed by atoms with Gasteiger partial charge in [0, 0.05) is 11.6 Å². The Morgan fingerprint density at radius 2 is 1.84 bits per heavy atom. The van der Waals surface area contributed by atoms with Gasteiger partial charge in [-0.3, -0.25) is 4.40 Å². The fraction of sp³-hybridized carbons (Fsp3) is 0.263. The molecule has 3 aromatic heterocycles. The zero-order chi connectivity index (χ0) is 17.1. The van der Waals surface area contributed by atoms with E-state index in [0.717, 1.165) is 22.5 Å². The second-order valence-electron chi connectivity index (χ2n) is 6.72. The van der Waals surface area contributed by atoms with E-state index in [1.165, 1.54) is 18.9 Å². The molecular formula is C19H16FN5. The number of hydrogen-bond donors (Lipinski definition) is 0. The van der Waals surface area contributed by atoms with E-state index in [2.05, 4.69) is 15.2 Å². The van der Waals surface area contributed by atoms with E-state index in [4.69, 9.17) is 4.98 Å². The minimum absolute atomic E-state index is 0.319. The van der Waals surface area contributed by atoms with Gasteiger partial charge in [-0.15, -0.1) is 10.2 Å². The molecule has 5 nitrogen and oxygen atoms in total. The Morgan fingerprint density at radius 3 is 2.64 bits per heavy atom. The molecule has 3 heterocycles. The minimum atomic E-state index is -0.319. The van der Waals surface area contributed by atoms with Gasteiger partial charge in [0.1, 0.15) is 11.3 Å². The summed E-state index contributed by atoms with van der Waals surface area (Å²) in [7, 11) is 0. The standard InChI is InChI=1S/C19H16FN5/c1-10-3-6-14(20)13(9-10)18-24-23-17-11(2)21-16-8-7-15(12-4-5-12)22-19(16)25(17)18/h3,6-9,12H,4-5H2,1-2H3. The van der Waals surface area contributed by atoms with Gasteiger partial charge in [-0.1, -0.05) is 11.6 Å². The van der Waals surface area contributed by atoms with Crippen molar-refractivity contribution in [2.45, 2.75) is 32.6 Å². The first-order valence-electron chi connectivity index (χ1n) is 8.41. The van der Waals surface area contributed by atoms with E-state index in [1.54, 1.807) is 12.1 Å². The van der Waals surface area contributed by atoms with Crippen molar-refractivity contribution in [2.75, 3.05) is 0 Å². The molecule has 0 unspecified atom stereocenters. The Balaban J connectivity index is 1.89. The van der Waals surface area contributed by atoms with Crippen molar-refractivity contribution in [1.82, 2.24) is 24.6 Å². The maximum atomic E-state index is 14.5. The van der Waals surface area contributed by atoms with Crippen molar-refractivity contribution < 1.29 is 4.39 Å². The highest BCUT2D eigenvalue weighted by molar-refractivity contribution is 5.78. The summed E-state index contributed by atoms with van der Waals surface area (Å²) in [5.74, 6) is 0.671. The van der Waals surface area contributed by atoms with E-state index in [1.807, 2.05) is 30.4 Å². The normalized spacial score (nSPS) is 14.5. The summed E-state index contributed by atoms with van der Waals surface area (Å²) in [5, 5.41) is 8.51. The zero-order valence-corrected chi connectivity index (χ0v) is 14.0. The Kier molecular flexibility index (Phi) is 2.92. The number of aryl methyl sites for hydroxylation is 2. The second kappa shape index (κ2) is 5.05. The molecule has 0 atom stereocenters. The SMILES string of the molecule is Cc1ccc(F)c(-c2nnc3c(C)nc4ccc(C5CC5)nc4n23)c1. The number of nitrogens with zero attached hydrogens (tertiary/aromatic N) is 5. The molecule has 6 heteroatoms. The topological polar surface area (TPSA) is 56.0 Å². The van der Waals surface area contributed by atoms with E-state index >= 15 is 0 Å². The van der Waals surface area contributed by atoms with Crippen LogP contribution in [0.15, 0.2) is 30.3 Å². The van der Waals surface area contributed by atoms with E-state index in [-0.39, 0.29) is 5.82 Å². The first kappa shape index (κ1) is 14.5. The molecule has 25 heavy (non-hydrogen) atoms. The third-order valence-electron chi connectivity index (χ3n) is 4.72. The van der Waals surface area contributed by atoms with Crippen LogP contribution >= 0.6 is 0 Å². The predicted molar refractivity (Wildman–Crippen MR) is 92.9 cm³/mol. The molecule has 0 radical (unpaired) electrons. The molecule has 4 aromatic rings. The fourth-order valence-electron chi connectivity index (χ4n) is 3.25. The zero-order valence-electron chi connectivity index (χ0n) is 14.0. The first-order valence-corrected chi connectivity index (χ1v) is 8.41. The molecule has 0 spiro atoms.